The SMILES string of the molecule is CC[C@H](C)[C@H](CO)N1C(=O)[C@@H]2[C@H](C(=O)NC)[C@]3(CC)CCC2(O3)C1C(=O)Nc1ccc(Cl)cc1. The summed E-state index contributed by atoms with van der Waals surface area (Å²) in [5.41, 5.74) is -1.36. The minimum Gasteiger partial charge on any atom is -0.394 e. The summed E-state index contributed by atoms with van der Waals surface area (Å²) < 4.78 is 6.67. The van der Waals surface area contributed by atoms with Gasteiger partial charge in [0.15, 0.2) is 0 Å². The van der Waals surface area contributed by atoms with E-state index in [1.165, 1.54) is 4.90 Å². The number of hydrogen-bond acceptors (Lipinski definition) is 5. The molecule has 0 radical (unpaired) electrons. The van der Waals surface area contributed by atoms with Crippen molar-refractivity contribution in [2.75, 3.05) is 19.0 Å². The quantitative estimate of drug-likeness (QED) is 0.518. The summed E-state index contributed by atoms with van der Waals surface area (Å²) in [6, 6.07) is 5.22. The Labute approximate surface area is 205 Å². The van der Waals surface area contributed by atoms with Crippen molar-refractivity contribution < 1.29 is 24.2 Å². The third-order valence-electron chi connectivity index (χ3n) is 8.35. The van der Waals surface area contributed by atoms with Crippen LogP contribution in [0.1, 0.15) is 46.5 Å². The van der Waals surface area contributed by atoms with Crippen molar-refractivity contribution in [2.24, 2.45) is 17.8 Å². The second kappa shape index (κ2) is 9.13. The summed E-state index contributed by atoms with van der Waals surface area (Å²) >= 11 is 5.99. The fourth-order valence-electron chi connectivity index (χ4n) is 6.42. The van der Waals surface area contributed by atoms with Gasteiger partial charge in [-0.25, -0.2) is 0 Å². The number of carbonyl (C=O) groups excluding carboxylic acids is 3. The van der Waals surface area contributed by atoms with Gasteiger partial charge >= 0.3 is 0 Å². The Bertz CT molecular complexity index is 972. The van der Waals surface area contributed by atoms with E-state index < -0.39 is 35.1 Å². The summed E-state index contributed by atoms with van der Waals surface area (Å²) in [6.45, 7) is 5.61. The summed E-state index contributed by atoms with van der Waals surface area (Å²) in [5, 5.41) is 16.5. The molecule has 0 aliphatic carbocycles. The van der Waals surface area contributed by atoms with Gasteiger partial charge in [-0.2, -0.15) is 0 Å². The van der Waals surface area contributed by atoms with Gasteiger partial charge in [0.1, 0.15) is 11.6 Å². The molecule has 0 saturated carbocycles. The highest BCUT2D eigenvalue weighted by Gasteiger charge is 2.79. The second-order valence-electron chi connectivity index (χ2n) is 9.82. The summed E-state index contributed by atoms with van der Waals surface area (Å²) in [6.07, 6.45) is 2.38. The van der Waals surface area contributed by atoms with Gasteiger partial charge in [-0.05, 0) is 49.4 Å². The van der Waals surface area contributed by atoms with Gasteiger partial charge in [0.05, 0.1) is 30.1 Å². The van der Waals surface area contributed by atoms with Crippen molar-refractivity contribution in [2.45, 2.75) is 69.7 Å². The first-order chi connectivity index (χ1) is 16.2. The number of hydrogen-bond donors (Lipinski definition) is 3. The van der Waals surface area contributed by atoms with Crippen LogP contribution < -0.4 is 10.6 Å². The summed E-state index contributed by atoms with van der Waals surface area (Å²) in [5.74, 6) is -2.44. The van der Waals surface area contributed by atoms with Gasteiger partial charge in [0.25, 0.3) is 0 Å². The molecule has 3 saturated heterocycles. The number of benzene rings is 1. The monoisotopic (exact) mass is 491 g/mol. The fraction of sp³-hybridized carbons (Fsp3) is 0.640. The molecule has 186 valence electrons. The van der Waals surface area contributed by atoms with Crippen molar-refractivity contribution in [3.8, 4) is 0 Å². The van der Waals surface area contributed by atoms with Gasteiger partial charge in [0, 0.05) is 17.8 Å². The van der Waals surface area contributed by atoms with E-state index in [1.54, 1.807) is 31.3 Å². The van der Waals surface area contributed by atoms with Crippen molar-refractivity contribution in [1.82, 2.24) is 10.2 Å². The number of aliphatic hydroxyl groups is 1. The van der Waals surface area contributed by atoms with Crippen molar-refractivity contribution in [3.63, 3.8) is 0 Å². The predicted octanol–water partition coefficient (Wildman–Crippen LogP) is 2.59. The lowest BCUT2D eigenvalue weighted by Crippen LogP contribution is -2.57. The fourth-order valence-corrected chi connectivity index (χ4v) is 6.55. The summed E-state index contributed by atoms with van der Waals surface area (Å²) in [7, 11) is 1.56. The van der Waals surface area contributed by atoms with Crippen LogP contribution in [0.15, 0.2) is 24.3 Å². The topological polar surface area (TPSA) is 108 Å². The molecule has 1 aromatic carbocycles. The van der Waals surface area contributed by atoms with E-state index in [2.05, 4.69) is 10.6 Å². The number of amides is 3. The molecule has 0 aromatic heterocycles. The first kappa shape index (κ1) is 24.9. The van der Waals surface area contributed by atoms with Crippen LogP contribution in [0.4, 0.5) is 5.69 Å². The van der Waals surface area contributed by atoms with E-state index in [4.69, 9.17) is 16.3 Å². The molecule has 4 rings (SSSR count). The second-order valence-corrected chi connectivity index (χ2v) is 10.3. The Morgan fingerprint density at radius 3 is 2.47 bits per heavy atom. The van der Waals surface area contributed by atoms with E-state index >= 15 is 0 Å². The highest BCUT2D eigenvalue weighted by Crippen LogP contribution is 2.64. The lowest BCUT2D eigenvalue weighted by atomic mass is 9.65. The molecule has 3 heterocycles. The third kappa shape index (κ3) is 3.53. The minimum atomic E-state index is -1.12. The van der Waals surface area contributed by atoms with E-state index in [1.807, 2.05) is 20.8 Å². The molecule has 3 aliphatic heterocycles. The number of nitrogens with zero attached hydrogens (tertiary/aromatic N) is 1. The van der Waals surface area contributed by atoms with Crippen LogP contribution in [0.5, 0.6) is 0 Å². The van der Waals surface area contributed by atoms with Gasteiger partial charge in [0.2, 0.25) is 17.7 Å². The van der Waals surface area contributed by atoms with Crippen molar-refractivity contribution >= 4 is 35.0 Å². The maximum atomic E-state index is 14.1. The first-order valence-electron chi connectivity index (χ1n) is 12.1. The molecule has 9 heteroatoms. The number of rotatable bonds is 8. The average Bonchev–Trinajstić information content (AvgIpc) is 3.44. The van der Waals surface area contributed by atoms with Crippen LogP contribution >= 0.6 is 11.6 Å². The van der Waals surface area contributed by atoms with Crippen molar-refractivity contribution in [3.05, 3.63) is 29.3 Å². The van der Waals surface area contributed by atoms with Crippen LogP contribution in [0.2, 0.25) is 5.02 Å². The number of halogens is 1. The highest BCUT2D eigenvalue weighted by molar-refractivity contribution is 6.30. The van der Waals surface area contributed by atoms with Gasteiger partial charge in [-0.15, -0.1) is 0 Å². The first-order valence-corrected chi connectivity index (χ1v) is 12.5. The molecule has 3 fully saturated rings. The Hall–Kier alpha value is -2.16. The van der Waals surface area contributed by atoms with E-state index in [0.717, 1.165) is 6.42 Å². The average molecular weight is 492 g/mol. The zero-order chi connectivity index (χ0) is 24.8. The van der Waals surface area contributed by atoms with E-state index in [0.29, 0.717) is 30.0 Å². The molecule has 8 nitrogen and oxygen atoms in total. The largest absolute Gasteiger partial charge is 0.394 e. The minimum absolute atomic E-state index is 0.0502. The van der Waals surface area contributed by atoms with E-state index in [-0.39, 0.29) is 30.2 Å². The molecule has 2 unspecified atom stereocenters. The van der Waals surface area contributed by atoms with Gasteiger partial charge in [-0.3, -0.25) is 14.4 Å². The number of carbonyl (C=O) groups is 3. The summed E-state index contributed by atoms with van der Waals surface area (Å²) in [4.78, 5) is 42.5. The Morgan fingerprint density at radius 2 is 1.91 bits per heavy atom. The van der Waals surface area contributed by atoms with Crippen LogP contribution in [0, 0.1) is 17.8 Å². The van der Waals surface area contributed by atoms with E-state index in [9.17, 15) is 19.5 Å². The number of ether oxygens (including phenoxy) is 1. The van der Waals surface area contributed by atoms with Gasteiger partial charge in [-0.1, -0.05) is 38.8 Å². The molecular weight excluding hydrogens is 458 g/mol. The predicted molar refractivity (Wildman–Crippen MR) is 128 cm³/mol. The van der Waals surface area contributed by atoms with Crippen LogP contribution in [-0.4, -0.2) is 64.7 Å². The zero-order valence-electron chi connectivity index (χ0n) is 20.1. The van der Waals surface area contributed by atoms with Crippen molar-refractivity contribution in [1.29, 1.82) is 0 Å². The smallest absolute Gasteiger partial charge is 0.250 e. The molecule has 2 bridgehead atoms. The lowest BCUT2D eigenvalue weighted by molar-refractivity contribution is -0.150. The maximum absolute atomic E-state index is 14.1. The number of anilines is 1. The van der Waals surface area contributed by atoms with Crippen LogP contribution in [0.3, 0.4) is 0 Å². The molecule has 34 heavy (non-hydrogen) atoms. The molecule has 3 amide bonds. The standard InChI is InChI=1S/C25H34ClN3O5/c1-5-14(3)17(13-30)29-20(22(32)28-16-9-7-15(26)8-10-16)25-12-11-24(6-2,34-25)18(21(31)27-4)19(25)23(29)33/h7-10,14,17-20,30H,5-6,11-13H2,1-4H3,(H,27,31)(H,28,32)/t14-,17-,18+,19-,20?,24-,25?/m0/s1. The van der Waals surface area contributed by atoms with Crippen LogP contribution in [0.25, 0.3) is 0 Å². The molecular formula is C25H34ClN3O5. The molecule has 3 N–H and O–H groups in total. The highest BCUT2D eigenvalue weighted by atomic mass is 35.5. The lowest BCUT2D eigenvalue weighted by Gasteiger charge is -2.39. The molecule has 3 aliphatic rings. The van der Waals surface area contributed by atoms with Crippen LogP contribution in [-0.2, 0) is 19.1 Å². The Kier molecular flexibility index (Phi) is 6.70. The maximum Gasteiger partial charge on any atom is 0.250 e. The van der Waals surface area contributed by atoms with Gasteiger partial charge < -0.3 is 25.4 Å². The zero-order valence-corrected chi connectivity index (χ0v) is 20.9. The molecule has 1 spiro atoms. The molecule has 7 atom stereocenters. The number of fused-ring (bicyclic) bond motifs is 1. The number of nitrogens with one attached hydrogen (secondary N) is 2. The number of aliphatic hydroxyl groups excluding tert-OH is 1. The Balaban J connectivity index is 1.81. The molecule has 1 aromatic rings. The normalized spacial score (nSPS) is 33.5. The third-order valence-corrected chi connectivity index (χ3v) is 8.60. The Morgan fingerprint density at radius 1 is 1.24 bits per heavy atom. The number of likely N-dealkylation sites (tertiary alicyclic amines) is 1.